The molecule has 0 bridgehead atoms. The van der Waals surface area contributed by atoms with E-state index in [0.29, 0.717) is 39.6 Å². The smallest absolute Gasteiger partial charge is 0.394 e. The molecule has 0 heterocycles. The summed E-state index contributed by atoms with van der Waals surface area (Å²) in [5.41, 5.74) is -3.09. The second-order valence-electron chi connectivity index (χ2n) is 4.81. The molecule has 0 aromatic heterocycles. The average Bonchev–Trinajstić information content (AvgIpc) is 2.34. The van der Waals surface area contributed by atoms with Crippen LogP contribution in [0.5, 0.6) is 0 Å². The molecule has 1 N–H and O–H groups in total. The first-order chi connectivity index (χ1) is 9.31. The van der Waals surface area contributed by atoms with Gasteiger partial charge in [-0.15, -0.1) is 0 Å². The Morgan fingerprint density at radius 1 is 0.800 bits per heavy atom. The molecule has 0 saturated carbocycles. The number of alkyl halides is 4. The minimum absolute atomic E-state index is 0.0224. The largest absolute Gasteiger partial charge is 0.422 e. The lowest BCUT2D eigenvalue weighted by Gasteiger charge is -2.23. The fourth-order valence-electron chi connectivity index (χ4n) is 1.54. The van der Waals surface area contributed by atoms with Crippen LogP contribution in [0, 0.1) is 0 Å². The van der Waals surface area contributed by atoms with Gasteiger partial charge in [0.05, 0.1) is 26.4 Å². The Hall–Kier alpha value is -0.400. The number of unbranched alkanes of at least 4 members (excludes halogenated alkanes) is 3. The van der Waals surface area contributed by atoms with E-state index in [-0.39, 0.29) is 19.6 Å². The molecule has 0 saturated heterocycles. The highest BCUT2D eigenvalue weighted by molar-refractivity contribution is 4.81. The minimum atomic E-state index is -4.79. The summed E-state index contributed by atoms with van der Waals surface area (Å²) < 4.78 is 60.0. The van der Waals surface area contributed by atoms with Crippen LogP contribution in [0.2, 0.25) is 0 Å². The van der Waals surface area contributed by atoms with E-state index in [1.54, 1.807) is 0 Å². The molecule has 0 fully saturated rings. The Morgan fingerprint density at radius 2 is 1.35 bits per heavy atom. The van der Waals surface area contributed by atoms with Crippen molar-refractivity contribution in [2.45, 2.75) is 50.9 Å². The van der Waals surface area contributed by atoms with Crippen LogP contribution < -0.4 is 0 Å². The van der Waals surface area contributed by atoms with E-state index >= 15 is 0 Å². The van der Waals surface area contributed by atoms with Crippen LogP contribution in [0.3, 0.4) is 0 Å². The molecule has 7 heteroatoms. The fraction of sp³-hybridized carbons (Fsp3) is 1.00. The molecule has 3 nitrogen and oxygen atoms in total. The van der Waals surface area contributed by atoms with E-state index in [2.05, 4.69) is 0 Å². The SMILES string of the molecule is CC(F)(CCCCCCOCCOCCO)C(F)(F)F. The van der Waals surface area contributed by atoms with Crippen molar-refractivity contribution in [2.75, 3.05) is 33.0 Å². The number of hydrogen-bond acceptors (Lipinski definition) is 3. The average molecular weight is 304 g/mol. The lowest BCUT2D eigenvalue weighted by molar-refractivity contribution is -0.226. The van der Waals surface area contributed by atoms with Crippen LogP contribution in [0.15, 0.2) is 0 Å². The van der Waals surface area contributed by atoms with Gasteiger partial charge in [-0.1, -0.05) is 12.8 Å². The van der Waals surface area contributed by atoms with Gasteiger partial charge < -0.3 is 14.6 Å². The van der Waals surface area contributed by atoms with E-state index in [1.165, 1.54) is 0 Å². The van der Waals surface area contributed by atoms with Gasteiger partial charge in [0, 0.05) is 6.61 Å². The molecular formula is C13H24F4O3. The van der Waals surface area contributed by atoms with Gasteiger partial charge in [0.15, 0.2) is 0 Å². The molecule has 0 aliphatic carbocycles. The number of ether oxygens (including phenoxy) is 2. The third kappa shape index (κ3) is 9.50. The highest BCUT2D eigenvalue weighted by atomic mass is 19.4. The van der Waals surface area contributed by atoms with Gasteiger partial charge in [0.2, 0.25) is 5.67 Å². The first-order valence-corrected chi connectivity index (χ1v) is 6.83. The second kappa shape index (κ2) is 10.3. The fourth-order valence-corrected chi connectivity index (χ4v) is 1.54. The van der Waals surface area contributed by atoms with E-state index in [9.17, 15) is 17.6 Å². The molecule has 20 heavy (non-hydrogen) atoms. The molecule has 0 aromatic rings. The first-order valence-electron chi connectivity index (χ1n) is 6.83. The monoisotopic (exact) mass is 304 g/mol. The normalized spacial score (nSPS) is 15.3. The molecule has 0 radical (unpaired) electrons. The van der Waals surface area contributed by atoms with Gasteiger partial charge in [-0.2, -0.15) is 13.2 Å². The molecule has 0 amide bonds. The number of aliphatic hydroxyl groups excluding tert-OH is 1. The summed E-state index contributed by atoms with van der Waals surface area (Å²) in [6, 6.07) is 0. The summed E-state index contributed by atoms with van der Waals surface area (Å²) in [5.74, 6) is 0. The van der Waals surface area contributed by atoms with Crippen LogP contribution in [-0.4, -0.2) is 50.0 Å². The van der Waals surface area contributed by atoms with E-state index < -0.39 is 18.3 Å². The summed E-state index contributed by atoms with van der Waals surface area (Å²) in [4.78, 5) is 0. The second-order valence-corrected chi connectivity index (χ2v) is 4.81. The van der Waals surface area contributed by atoms with E-state index in [0.717, 1.165) is 6.42 Å². The van der Waals surface area contributed by atoms with Crippen molar-refractivity contribution in [3.8, 4) is 0 Å². The summed E-state index contributed by atoms with van der Waals surface area (Å²) in [7, 11) is 0. The number of aliphatic hydroxyl groups is 1. The zero-order chi connectivity index (χ0) is 15.5. The molecule has 0 aliphatic heterocycles. The minimum Gasteiger partial charge on any atom is -0.394 e. The summed E-state index contributed by atoms with van der Waals surface area (Å²) in [5, 5.41) is 8.43. The molecule has 1 atom stereocenters. The van der Waals surface area contributed by atoms with Gasteiger partial charge in [0.25, 0.3) is 0 Å². The third-order valence-corrected chi connectivity index (χ3v) is 2.88. The van der Waals surface area contributed by atoms with Crippen molar-refractivity contribution in [3.05, 3.63) is 0 Å². The maximum absolute atomic E-state index is 13.2. The van der Waals surface area contributed by atoms with Gasteiger partial charge in [-0.3, -0.25) is 0 Å². The first kappa shape index (κ1) is 19.6. The Balaban J connectivity index is 3.33. The standard InChI is InChI=1S/C13H24F4O3/c1-12(14,13(15,16)17)6-4-2-3-5-8-19-10-11-20-9-7-18/h18H,2-11H2,1H3. The van der Waals surface area contributed by atoms with Crippen molar-refractivity contribution in [1.82, 2.24) is 0 Å². The zero-order valence-electron chi connectivity index (χ0n) is 11.8. The topological polar surface area (TPSA) is 38.7 Å². The van der Waals surface area contributed by atoms with Gasteiger partial charge in [0.1, 0.15) is 0 Å². The Kier molecular flexibility index (Phi) is 10.1. The van der Waals surface area contributed by atoms with Crippen molar-refractivity contribution < 1.29 is 32.1 Å². The molecule has 0 aromatic carbocycles. The molecule has 0 aliphatic rings. The molecule has 122 valence electrons. The molecule has 0 rings (SSSR count). The number of rotatable bonds is 12. The van der Waals surface area contributed by atoms with E-state index in [1.807, 2.05) is 0 Å². The highest BCUT2D eigenvalue weighted by Crippen LogP contribution is 2.37. The summed E-state index contributed by atoms with van der Waals surface area (Å²) in [6.07, 6.45) is -3.07. The van der Waals surface area contributed by atoms with Crippen molar-refractivity contribution in [2.24, 2.45) is 0 Å². The molecule has 1 unspecified atom stereocenters. The zero-order valence-corrected chi connectivity index (χ0v) is 11.8. The van der Waals surface area contributed by atoms with Crippen LogP contribution in [0.25, 0.3) is 0 Å². The van der Waals surface area contributed by atoms with Crippen molar-refractivity contribution in [1.29, 1.82) is 0 Å². The third-order valence-electron chi connectivity index (χ3n) is 2.88. The van der Waals surface area contributed by atoms with Gasteiger partial charge in [-0.05, 0) is 26.2 Å². The maximum Gasteiger partial charge on any atom is 0.422 e. The predicted octanol–water partition coefficient (Wildman–Crippen LogP) is 3.25. The van der Waals surface area contributed by atoms with Crippen LogP contribution >= 0.6 is 0 Å². The Bertz CT molecular complexity index is 232. The Morgan fingerprint density at radius 3 is 1.90 bits per heavy atom. The van der Waals surface area contributed by atoms with E-state index in [4.69, 9.17) is 14.6 Å². The Labute approximate surface area is 117 Å². The molecule has 0 spiro atoms. The lowest BCUT2D eigenvalue weighted by Crippen LogP contribution is -2.37. The van der Waals surface area contributed by atoms with Crippen LogP contribution in [0.4, 0.5) is 17.6 Å². The van der Waals surface area contributed by atoms with Gasteiger partial charge in [-0.25, -0.2) is 4.39 Å². The maximum atomic E-state index is 13.2. The number of halogens is 4. The lowest BCUT2D eigenvalue weighted by atomic mass is 9.99. The van der Waals surface area contributed by atoms with Crippen molar-refractivity contribution in [3.63, 3.8) is 0 Å². The van der Waals surface area contributed by atoms with Crippen molar-refractivity contribution >= 4 is 0 Å². The van der Waals surface area contributed by atoms with Crippen LogP contribution in [-0.2, 0) is 9.47 Å². The highest BCUT2D eigenvalue weighted by Gasteiger charge is 2.51. The summed E-state index contributed by atoms with van der Waals surface area (Å²) >= 11 is 0. The van der Waals surface area contributed by atoms with Gasteiger partial charge >= 0.3 is 6.18 Å². The van der Waals surface area contributed by atoms with Crippen LogP contribution in [0.1, 0.15) is 39.0 Å². The number of hydrogen-bond donors (Lipinski definition) is 1. The predicted molar refractivity (Wildman–Crippen MR) is 67.4 cm³/mol. The quantitative estimate of drug-likeness (QED) is 0.444. The molecular weight excluding hydrogens is 280 g/mol. The summed E-state index contributed by atoms with van der Waals surface area (Å²) in [6.45, 7) is 2.19.